The van der Waals surface area contributed by atoms with Crippen molar-refractivity contribution >= 4 is 40.9 Å². The van der Waals surface area contributed by atoms with Gasteiger partial charge < -0.3 is 5.11 Å². The molecule has 1 aromatic heterocycles. The zero-order valence-corrected chi connectivity index (χ0v) is 13.9. The number of carbonyl (C=O) groups is 3. The number of aromatic carboxylic acids is 1. The number of carbonyl (C=O) groups excluding carboxylic acids is 2. The fraction of sp³-hybridized carbons (Fsp3) is 0.125. The SMILES string of the molecule is O=C(O)c1cccnc1S[C@@H]1CC(=O)N(c2cccc([N+](=O)[O-])c2)C1=O. The number of amides is 2. The third-order valence-electron chi connectivity index (χ3n) is 3.66. The predicted octanol–water partition coefficient (Wildman–Crippen LogP) is 2.11. The first-order valence-electron chi connectivity index (χ1n) is 7.34. The molecular formula is C16H11N3O6S. The van der Waals surface area contributed by atoms with E-state index < -0.39 is 28.0 Å². The summed E-state index contributed by atoms with van der Waals surface area (Å²) in [5, 5.41) is 19.4. The number of benzene rings is 1. The first kappa shape index (κ1) is 17.5. The van der Waals surface area contributed by atoms with Crippen LogP contribution in [0.2, 0.25) is 0 Å². The molecule has 3 rings (SSSR count). The second-order valence-corrected chi connectivity index (χ2v) is 6.51. The minimum atomic E-state index is -1.19. The lowest BCUT2D eigenvalue weighted by atomic mass is 10.2. The molecular weight excluding hydrogens is 362 g/mol. The lowest BCUT2D eigenvalue weighted by molar-refractivity contribution is -0.384. The quantitative estimate of drug-likeness (QED) is 0.479. The van der Waals surface area contributed by atoms with Crippen molar-refractivity contribution in [3.63, 3.8) is 0 Å². The van der Waals surface area contributed by atoms with Gasteiger partial charge in [-0.2, -0.15) is 0 Å². The van der Waals surface area contributed by atoms with Gasteiger partial charge in [0.15, 0.2) is 0 Å². The van der Waals surface area contributed by atoms with Gasteiger partial charge in [-0.1, -0.05) is 17.8 Å². The molecule has 1 aliphatic rings. The van der Waals surface area contributed by atoms with Gasteiger partial charge in [0.05, 0.1) is 21.4 Å². The number of imide groups is 1. The van der Waals surface area contributed by atoms with Crippen LogP contribution >= 0.6 is 11.8 Å². The summed E-state index contributed by atoms with van der Waals surface area (Å²) in [6, 6.07) is 8.04. The van der Waals surface area contributed by atoms with Crippen molar-refractivity contribution in [3.05, 3.63) is 58.3 Å². The highest BCUT2D eigenvalue weighted by molar-refractivity contribution is 8.00. The molecule has 1 fully saturated rings. The average molecular weight is 373 g/mol. The number of pyridine rings is 1. The summed E-state index contributed by atoms with van der Waals surface area (Å²) in [5.74, 6) is -2.27. The fourth-order valence-electron chi connectivity index (χ4n) is 2.50. The van der Waals surface area contributed by atoms with E-state index in [4.69, 9.17) is 0 Å². The van der Waals surface area contributed by atoms with Gasteiger partial charge in [-0.05, 0) is 18.2 Å². The van der Waals surface area contributed by atoms with Gasteiger partial charge in [0.2, 0.25) is 11.8 Å². The lowest BCUT2D eigenvalue weighted by Crippen LogP contribution is -2.31. The Morgan fingerprint density at radius 1 is 1.31 bits per heavy atom. The van der Waals surface area contributed by atoms with E-state index in [1.165, 1.54) is 36.5 Å². The Kier molecular flexibility index (Phi) is 4.67. The molecule has 2 aromatic rings. The Morgan fingerprint density at radius 2 is 2.08 bits per heavy atom. The van der Waals surface area contributed by atoms with Gasteiger partial charge in [-0.15, -0.1) is 0 Å². The monoisotopic (exact) mass is 373 g/mol. The van der Waals surface area contributed by atoms with Crippen LogP contribution in [0.25, 0.3) is 0 Å². The molecule has 2 amide bonds. The Morgan fingerprint density at radius 3 is 2.77 bits per heavy atom. The van der Waals surface area contributed by atoms with Crippen LogP contribution in [0.15, 0.2) is 47.6 Å². The van der Waals surface area contributed by atoms with Crippen LogP contribution in [0.5, 0.6) is 0 Å². The lowest BCUT2D eigenvalue weighted by Gasteiger charge is -2.14. The standard InChI is InChI=1S/C16H11N3O6S/c20-13-8-12(26-14-11(16(22)23)5-2-6-17-14)15(21)18(13)9-3-1-4-10(7-9)19(24)25/h1-7,12H,8H2,(H,22,23)/t12-/m1/s1. The summed E-state index contributed by atoms with van der Waals surface area (Å²) >= 11 is 0.889. The Bertz CT molecular complexity index is 932. The molecule has 0 bridgehead atoms. The largest absolute Gasteiger partial charge is 0.478 e. The van der Waals surface area contributed by atoms with Crippen LogP contribution in [-0.4, -0.2) is 38.0 Å². The third-order valence-corrected chi connectivity index (χ3v) is 4.86. The van der Waals surface area contributed by atoms with Gasteiger partial charge in [0.1, 0.15) is 5.03 Å². The highest BCUT2D eigenvalue weighted by Crippen LogP contribution is 2.35. The zero-order chi connectivity index (χ0) is 18.8. The molecule has 1 atom stereocenters. The average Bonchev–Trinajstić information content (AvgIpc) is 2.89. The smallest absolute Gasteiger partial charge is 0.338 e. The first-order chi connectivity index (χ1) is 12.4. The molecule has 1 aliphatic heterocycles. The van der Waals surface area contributed by atoms with Crippen molar-refractivity contribution in [1.82, 2.24) is 4.98 Å². The van der Waals surface area contributed by atoms with Gasteiger partial charge in [0, 0.05) is 24.8 Å². The Hall–Kier alpha value is -3.27. The molecule has 9 nitrogen and oxygen atoms in total. The maximum Gasteiger partial charge on any atom is 0.338 e. The predicted molar refractivity (Wildman–Crippen MR) is 91.0 cm³/mol. The number of hydrogen-bond acceptors (Lipinski definition) is 7. The van der Waals surface area contributed by atoms with Crippen LogP contribution in [0.3, 0.4) is 0 Å². The van der Waals surface area contributed by atoms with Gasteiger partial charge in [-0.25, -0.2) is 14.7 Å². The minimum absolute atomic E-state index is 0.0634. The maximum absolute atomic E-state index is 12.6. The normalized spacial score (nSPS) is 16.8. The number of thioether (sulfide) groups is 1. The number of nitrogens with zero attached hydrogens (tertiary/aromatic N) is 3. The zero-order valence-electron chi connectivity index (χ0n) is 13.1. The number of nitro benzene ring substituents is 1. The Balaban J connectivity index is 1.87. The molecule has 1 N–H and O–H groups in total. The highest BCUT2D eigenvalue weighted by atomic mass is 32.2. The molecule has 0 spiro atoms. The van der Waals surface area contributed by atoms with E-state index in [2.05, 4.69) is 4.98 Å². The second-order valence-electron chi connectivity index (χ2n) is 5.32. The number of nitro groups is 1. The molecule has 1 saturated heterocycles. The topological polar surface area (TPSA) is 131 Å². The van der Waals surface area contributed by atoms with Crippen molar-refractivity contribution in [1.29, 1.82) is 0 Å². The summed E-state index contributed by atoms with van der Waals surface area (Å²) in [4.78, 5) is 51.3. The van der Waals surface area contributed by atoms with E-state index in [1.54, 1.807) is 0 Å². The van der Waals surface area contributed by atoms with Crippen molar-refractivity contribution in [3.8, 4) is 0 Å². The third kappa shape index (κ3) is 3.26. The fourth-order valence-corrected chi connectivity index (χ4v) is 3.60. The van der Waals surface area contributed by atoms with E-state index in [0.29, 0.717) is 0 Å². The van der Waals surface area contributed by atoms with Crippen LogP contribution in [-0.2, 0) is 9.59 Å². The molecule has 10 heteroatoms. The number of anilines is 1. The molecule has 26 heavy (non-hydrogen) atoms. The van der Waals surface area contributed by atoms with Crippen molar-refractivity contribution in [2.24, 2.45) is 0 Å². The van der Waals surface area contributed by atoms with E-state index in [9.17, 15) is 29.6 Å². The van der Waals surface area contributed by atoms with Gasteiger partial charge >= 0.3 is 5.97 Å². The van der Waals surface area contributed by atoms with Crippen LogP contribution in [0.4, 0.5) is 11.4 Å². The second kappa shape index (κ2) is 6.92. The summed E-state index contributed by atoms with van der Waals surface area (Å²) in [5.41, 5.74) is -0.194. The molecule has 0 aliphatic carbocycles. The van der Waals surface area contributed by atoms with Gasteiger partial charge in [0.25, 0.3) is 5.69 Å². The minimum Gasteiger partial charge on any atom is -0.478 e. The van der Waals surface area contributed by atoms with Crippen molar-refractivity contribution < 1.29 is 24.4 Å². The molecule has 0 unspecified atom stereocenters. The van der Waals surface area contributed by atoms with E-state index in [1.807, 2.05) is 0 Å². The molecule has 132 valence electrons. The summed E-state index contributed by atoms with van der Waals surface area (Å²) < 4.78 is 0. The summed E-state index contributed by atoms with van der Waals surface area (Å²) in [6.07, 6.45) is 1.25. The molecule has 2 heterocycles. The summed E-state index contributed by atoms with van der Waals surface area (Å²) in [6.45, 7) is 0. The van der Waals surface area contributed by atoms with E-state index in [0.717, 1.165) is 22.7 Å². The molecule has 0 radical (unpaired) electrons. The number of carboxylic acid groups (broad SMARTS) is 1. The highest BCUT2D eigenvalue weighted by Gasteiger charge is 2.41. The van der Waals surface area contributed by atoms with Crippen molar-refractivity contribution in [2.45, 2.75) is 16.7 Å². The van der Waals surface area contributed by atoms with E-state index in [-0.39, 0.29) is 28.4 Å². The molecule has 0 saturated carbocycles. The number of rotatable bonds is 5. The van der Waals surface area contributed by atoms with Gasteiger partial charge in [-0.3, -0.25) is 19.7 Å². The number of hydrogen-bond donors (Lipinski definition) is 1. The first-order valence-corrected chi connectivity index (χ1v) is 8.22. The number of non-ortho nitro benzene ring substituents is 1. The molecule has 1 aromatic carbocycles. The summed E-state index contributed by atoms with van der Waals surface area (Å²) in [7, 11) is 0. The van der Waals surface area contributed by atoms with Crippen LogP contribution < -0.4 is 4.90 Å². The van der Waals surface area contributed by atoms with Crippen LogP contribution in [0, 0.1) is 10.1 Å². The van der Waals surface area contributed by atoms with Crippen LogP contribution in [0.1, 0.15) is 16.8 Å². The maximum atomic E-state index is 12.6. The number of aromatic nitrogens is 1. The number of carboxylic acids is 1. The van der Waals surface area contributed by atoms with E-state index >= 15 is 0 Å². The Labute approximate surface area is 150 Å². The van der Waals surface area contributed by atoms with Crippen molar-refractivity contribution in [2.75, 3.05) is 4.90 Å².